The summed E-state index contributed by atoms with van der Waals surface area (Å²) >= 11 is 5.74. The molecule has 0 saturated carbocycles. The van der Waals surface area contributed by atoms with Gasteiger partial charge in [0.05, 0.1) is 6.54 Å². The van der Waals surface area contributed by atoms with E-state index >= 15 is 0 Å². The number of rotatable bonds is 6. The monoisotopic (exact) mass is 334 g/mol. The fraction of sp³-hybridized carbons (Fsp3) is 0.176. The molecule has 0 atom stereocenters. The molecule has 0 spiro atoms. The van der Waals surface area contributed by atoms with Crippen molar-refractivity contribution in [2.75, 3.05) is 13.1 Å². The van der Waals surface area contributed by atoms with Crippen LogP contribution in [0.5, 0.6) is 0 Å². The number of carbonyl (C=O) groups is 2. The Balaban J connectivity index is 1.70. The van der Waals surface area contributed by atoms with E-state index in [9.17, 15) is 14.0 Å². The summed E-state index contributed by atoms with van der Waals surface area (Å²) in [6, 6.07) is 12.6. The Hall–Kier alpha value is -2.40. The zero-order chi connectivity index (χ0) is 16.7. The van der Waals surface area contributed by atoms with E-state index in [4.69, 9.17) is 11.6 Å². The van der Waals surface area contributed by atoms with Crippen LogP contribution < -0.4 is 10.6 Å². The second-order valence-corrected chi connectivity index (χ2v) is 5.36. The van der Waals surface area contributed by atoms with Gasteiger partial charge in [-0.05, 0) is 48.4 Å². The summed E-state index contributed by atoms with van der Waals surface area (Å²) in [4.78, 5) is 23.5. The van der Waals surface area contributed by atoms with Gasteiger partial charge in [0.15, 0.2) is 0 Å². The van der Waals surface area contributed by atoms with Crippen LogP contribution in [0.2, 0.25) is 5.02 Å². The van der Waals surface area contributed by atoms with Gasteiger partial charge >= 0.3 is 0 Å². The van der Waals surface area contributed by atoms with Gasteiger partial charge in [0.1, 0.15) is 5.82 Å². The van der Waals surface area contributed by atoms with Crippen molar-refractivity contribution < 1.29 is 14.0 Å². The molecule has 0 fully saturated rings. The maximum absolute atomic E-state index is 13.0. The van der Waals surface area contributed by atoms with Crippen LogP contribution in [0.1, 0.15) is 15.9 Å². The number of halogens is 2. The minimum atomic E-state index is -0.345. The molecule has 2 rings (SSSR count). The molecule has 2 N–H and O–H groups in total. The first kappa shape index (κ1) is 17.0. The van der Waals surface area contributed by atoms with Crippen LogP contribution in [-0.4, -0.2) is 24.9 Å². The average Bonchev–Trinajstić information content (AvgIpc) is 2.53. The molecule has 2 amide bonds. The minimum absolute atomic E-state index is 0.120. The summed E-state index contributed by atoms with van der Waals surface area (Å²) in [5.41, 5.74) is 1.23. The highest BCUT2D eigenvalue weighted by Gasteiger charge is 2.07. The Kier molecular flexibility index (Phi) is 6.11. The molecule has 4 nitrogen and oxygen atoms in total. The lowest BCUT2D eigenvalue weighted by atomic mass is 10.1. The van der Waals surface area contributed by atoms with E-state index in [1.807, 2.05) is 0 Å². The Morgan fingerprint density at radius 3 is 2.48 bits per heavy atom. The lowest BCUT2D eigenvalue weighted by molar-refractivity contribution is -0.120. The second kappa shape index (κ2) is 8.29. The molecular formula is C17H16ClFN2O2. The lowest BCUT2D eigenvalue weighted by Crippen LogP contribution is -2.37. The van der Waals surface area contributed by atoms with Crippen LogP contribution in [0.4, 0.5) is 4.39 Å². The molecule has 0 heterocycles. The molecule has 0 aliphatic carbocycles. The normalized spacial score (nSPS) is 10.2. The summed E-state index contributed by atoms with van der Waals surface area (Å²) in [6.45, 7) is 0.254. The second-order valence-electron chi connectivity index (χ2n) is 4.92. The third-order valence-electron chi connectivity index (χ3n) is 3.14. The first-order valence-corrected chi connectivity index (χ1v) is 7.47. The molecule has 0 aliphatic rings. The van der Waals surface area contributed by atoms with Crippen molar-refractivity contribution in [3.05, 3.63) is 70.5 Å². The number of benzene rings is 2. The van der Waals surface area contributed by atoms with Gasteiger partial charge in [-0.25, -0.2) is 4.39 Å². The van der Waals surface area contributed by atoms with E-state index in [-0.39, 0.29) is 24.2 Å². The molecule has 0 unspecified atom stereocenters. The van der Waals surface area contributed by atoms with Crippen molar-refractivity contribution in [1.82, 2.24) is 10.6 Å². The predicted octanol–water partition coefficient (Wildman–Crippen LogP) is 2.57. The standard InChI is InChI=1S/C17H16ClFN2O2/c18-14-6-4-13(5-7-14)17(23)21-11-16(22)20-9-8-12-2-1-3-15(19)10-12/h1-7,10H,8-9,11H2,(H,20,22)(H,21,23). The summed E-state index contributed by atoms with van der Waals surface area (Å²) in [7, 11) is 0. The van der Waals surface area contributed by atoms with Crippen molar-refractivity contribution in [2.45, 2.75) is 6.42 Å². The van der Waals surface area contributed by atoms with Crippen molar-refractivity contribution in [2.24, 2.45) is 0 Å². The number of carbonyl (C=O) groups excluding carboxylic acids is 2. The molecule has 0 bridgehead atoms. The fourth-order valence-corrected chi connectivity index (χ4v) is 2.09. The van der Waals surface area contributed by atoms with Crippen LogP contribution in [0, 0.1) is 5.82 Å². The van der Waals surface area contributed by atoms with Gasteiger partial charge in [0, 0.05) is 17.1 Å². The molecule has 0 saturated heterocycles. The van der Waals surface area contributed by atoms with Crippen LogP contribution in [-0.2, 0) is 11.2 Å². The van der Waals surface area contributed by atoms with Gasteiger partial charge in [0.25, 0.3) is 5.91 Å². The lowest BCUT2D eigenvalue weighted by Gasteiger charge is -2.07. The topological polar surface area (TPSA) is 58.2 Å². The minimum Gasteiger partial charge on any atom is -0.354 e. The van der Waals surface area contributed by atoms with E-state index in [1.54, 1.807) is 36.4 Å². The highest BCUT2D eigenvalue weighted by atomic mass is 35.5. The third kappa shape index (κ3) is 5.71. The molecule has 6 heteroatoms. The van der Waals surface area contributed by atoms with E-state index in [2.05, 4.69) is 10.6 Å². The molecule has 2 aromatic rings. The molecule has 0 radical (unpaired) electrons. The van der Waals surface area contributed by atoms with Gasteiger partial charge in [0.2, 0.25) is 5.91 Å². The Bertz CT molecular complexity index is 689. The van der Waals surface area contributed by atoms with E-state index in [1.165, 1.54) is 12.1 Å². The fourth-order valence-electron chi connectivity index (χ4n) is 1.97. The van der Waals surface area contributed by atoms with E-state index < -0.39 is 0 Å². The van der Waals surface area contributed by atoms with Gasteiger partial charge in [-0.15, -0.1) is 0 Å². The van der Waals surface area contributed by atoms with Crippen LogP contribution in [0.3, 0.4) is 0 Å². The van der Waals surface area contributed by atoms with Crippen molar-refractivity contribution >= 4 is 23.4 Å². The Morgan fingerprint density at radius 2 is 1.78 bits per heavy atom. The summed E-state index contributed by atoms with van der Waals surface area (Å²) in [6.07, 6.45) is 0.522. The number of nitrogens with one attached hydrogen (secondary N) is 2. The summed E-state index contributed by atoms with van der Waals surface area (Å²) in [5, 5.41) is 5.73. The molecule has 0 aliphatic heterocycles. The third-order valence-corrected chi connectivity index (χ3v) is 3.39. The van der Waals surface area contributed by atoms with E-state index in [0.29, 0.717) is 23.6 Å². The van der Waals surface area contributed by atoms with Gasteiger partial charge < -0.3 is 10.6 Å². The molecule has 0 aromatic heterocycles. The van der Waals surface area contributed by atoms with E-state index in [0.717, 1.165) is 5.56 Å². The van der Waals surface area contributed by atoms with Gasteiger partial charge in [-0.2, -0.15) is 0 Å². The van der Waals surface area contributed by atoms with Crippen LogP contribution in [0.25, 0.3) is 0 Å². The van der Waals surface area contributed by atoms with Crippen molar-refractivity contribution in [1.29, 1.82) is 0 Å². The molecule has 2 aromatic carbocycles. The number of hydrogen-bond donors (Lipinski definition) is 2. The van der Waals surface area contributed by atoms with Gasteiger partial charge in [-0.1, -0.05) is 23.7 Å². The number of amides is 2. The Labute approximate surface area is 138 Å². The maximum atomic E-state index is 13.0. The maximum Gasteiger partial charge on any atom is 0.251 e. The summed E-state index contributed by atoms with van der Waals surface area (Å²) in [5.74, 6) is -0.949. The van der Waals surface area contributed by atoms with Crippen LogP contribution in [0.15, 0.2) is 48.5 Å². The summed E-state index contributed by atoms with van der Waals surface area (Å²) < 4.78 is 13.0. The highest BCUT2D eigenvalue weighted by molar-refractivity contribution is 6.30. The smallest absolute Gasteiger partial charge is 0.251 e. The average molecular weight is 335 g/mol. The quantitative estimate of drug-likeness (QED) is 0.853. The largest absolute Gasteiger partial charge is 0.354 e. The molecular weight excluding hydrogens is 319 g/mol. The Morgan fingerprint density at radius 1 is 1.04 bits per heavy atom. The number of hydrogen-bond acceptors (Lipinski definition) is 2. The molecule has 23 heavy (non-hydrogen) atoms. The highest BCUT2D eigenvalue weighted by Crippen LogP contribution is 2.09. The van der Waals surface area contributed by atoms with Crippen molar-refractivity contribution in [3.63, 3.8) is 0 Å². The first-order chi connectivity index (χ1) is 11.0. The van der Waals surface area contributed by atoms with Crippen molar-refractivity contribution in [3.8, 4) is 0 Å². The SMILES string of the molecule is O=C(CNC(=O)c1ccc(Cl)cc1)NCCc1cccc(F)c1. The predicted molar refractivity (Wildman–Crippen MR) is 86.9 cm³/mol. The van der Waals surface area contributed by atoms with Gasteiger partial charge in [-0.3, -0.25) is 9.59 Å². The van der Waals surface area contributed by atoms with Crippen LogP contribution >= 0.6 is 11.6 Å². The first-order valence-electron chi connectivity index (χ1n) is 7.09. The zero-order valence-electron chi connectivity index (χ0n) is 12.3. The zero-order valence-corrected chi connectivity index (χ0v) is 13.1. The molecule has 120 valence electrons.